The monoisotopic (exact) mass is 273 g/mol. The molecule has 0 bridgehead atoms. The zero-order valence-corrected chi connectivity index (χ0v) is 12.0. The number of aromatic amines is 1. The third-order valence-corrected chi connectivity index (χ3v) is 3.03. The van der Waals surface area contributed by atoms with E-state index in [9.17, 15) is 4.79 Å². The highest BCUT2D eigenvalue weighted by molar-refractivity contribution is 6.00. The Balaban J connectivity index is 1.74. The first-order valence-electron chi connectivity index (χ1n) is 7.01. The van der Waals surface area contributed by atoms with Crippen LogP contribution in [0.3, 0.4) is 0 Å². The molecule has 0 unspecified atom stereocenters. The van der Waals surface area contributed by atoms with Crippen molar-refractivity contribution >= 4 is 16.7 Å². The molecule has 1 aromatic carbocycles. The molecule has 0 aliphatic rings. The number of ether oxygens (including phenoxy) is 1. The maximum atomic E-state index is 12.0. The molecule has 0 atom stereocenters. The van der Waals surface area contributed by atoms with Crippen LogP contribution >= 0.6 is 0 Å². The van der Waals surface area contributed by atoms with E-state index in [2.05, 4.69) is 16.4 Å². The quantitative estimate of drug-likeness (QED) is 0.574. The summed E-state index contributed by atoms with van der Waals surface area (Å²) in [4.78, 5) is 15.1. The minimum atomic E-state index is 0.103. The summed E-state index contributed by atoms with van der Waals surface area (Å²) in [5.41, 5.74) is 1.67. The van der Waals surface area contributed by atoms with Gasteiger partial charge in [-0.05, 0) is 32.9 Å². The molecule has 2 N–H and O–H groups in total. The Morgan fingerprint density at radius 2 is 2.30 bits per heavy atom. The lowest BCUT2D eigenvalue weighted by Gasteiger charge is -2.08. The molecule has 0 fully saturated rings. The molecule has 0 spiro atoms. The van der Waals surface area contributed by atoms with Gasteiger partial charge in [-0.25, -0.2) is 0 Å². The molecule has 4 nitrogen and oxygen atoms in total. The predicted octanol–water partition coefficient (Wildman–Crippen LogP) is 2.56. The number of aromatic nitrogens is 1. The Bertz CT molecular complexity index is 560. The van der Waals surface area contributed by atoms with Gasteiger partial charge in [0, 0.05) is 35.3 Å². The zero-order valence-electron chi connectivity index (χ0n) is 12.0. The summed E-state index contributed by atoms with van der Waals surface area (Å²) in [6.45, 7) is 5.91. The highest BCUT2D eigenvalue weighted by Crippen LogP contribution is 2.13. The molecule has 107 valence electrons. The van der Waals surface area contributed by atoms with Gasteiger partial charge in [0.15, 0.2) is 5.78 Å². The summed E-state index contributed by atoms with van der Waals surface area (Å²) in [6.07, 6.45) is 2.93. The van der Waals surface area contributed by atoms with Crippen LogP contribution in [-0.4, -0.2) is 36.6 Å². The average Bonchev–Trinajstić information content (AvgIpc) is 2.89. The van der Waals surface area contributed by atoms with E-state index in [-0.39, 0.29) is 11.9 Å². The molecule has 1 radical (unpaired) electrons. The first-order chi connectivity index (χ1) is 9.66. The van der Waals surface area contributed by atoms with Crippen LogP contribution in [0.4, 0.5) is 0 Å². The maximum absolute atomic E-state index is 12.0. The number of fused-ring (bicyclic) bond motifs is 1. The number of hydrogen-bond acceptors (Lipinski definition) is 3. The van der Waals surface area contributed by atoms with Crippen molar-refractivity contribution < 1.29 is 9.53 Å². The minimum absolute atomic E-state index is 0.103. The normalized spacial score (nSPS) is 11.3. The molecule has 0 saturated carbocycles. The molecule has 4 heteroatoms. The van der Waals surface area contributed by atoms with E-state index >= 15 is 0 Å². The van der Waals surface area contributed by atoms with Crippen molar-refractivity contribution in [1.82, 2.24) is 10.3 Å². The van der Waals surface area contributed by atoms with Crippen LogP contribution in [0, 0.1) is 6.07 Å². The molecular weight excluding hydrogens is 252 g/mol. The van der Waals surface area contributed by atoms with Gasteiger partial charge in [-0.15, -0.1) is 0 Å². The van der Waals surface area contributed by atoms with Crippen LogP contribution in [0.1, 0.15) is 30.6 Å². The molecular formula is C16H21N2O2. The van der Waals surface area contributed by atoms with Crippen molar-refractivity contribution in [3.8, 4) is 0 Å². The Hall–Kier alpha value is -1.65. The molecule has 0 amide bonds. The molecule has 1 heterocycles. The van der Waals surface area contributed by atoms with Gasteiger partial charge < -0.3 is 15.0 Å². The number of rotatable bonds is 8. The van der Waals surface area contributed by atoms with Gasteiger partial charge in [0.05, 0.1) is 12.6 Å². The molecule has 20 heavy (non-hydrogen) atoms. The van der Waals surface area contributed by atoms with E-state index in [0.717, 1.165) is 36.0 Å². The summed E-state index contributed by atoms with van der Waals surface area (Å²) < 4.78 is 5.44. The second-order valence-corrected chi connectivity index (χ2v) is 5.07. The number of Topliss-reactive ketones (excluding diaryl/α,β-unsaturated/α-hetero) is 1. The van der Waals surface area contributed by atoms with Crippen molar-refractivity contribution in [2.45, 2.75) is 26.4 Å². The number of H-pyrrole nitrogens is 1. The lowest BCUT2D eigenvalue weighted by molar-refractivity contribution is 0.0767. The van der Waals surface area contributed by atoms with Crippen molar-refractivity contribution in [2.75, 3.05) is 19.7 Å². The van der Waals surface area contributed by atoms with E-state index < -0.39 is 0 Å². The largest absolute Gasteiger partial charge is 0.379 e. The topological polar surface area (TPSA) is 54.1 Å². The van der Waals surface area contributed by atoms with Crippen molar-refractivity contribution in [3.05, 3.63) is 36.0 Å². The standard InChI is InChI=1S/C16H21N2O2/c1-12(2)20-9-3-7-17-11-16(19)14-5-4-13-6-8-18-15(13)10-14/h4-5,8,10,12,17-18H,3,7,9,11H2,1-2H3. The highest BCUT2D eigenvalue weighted by atomic mass is 16.5. The summed E-state index contributed by atoms with van der Waals surface area (Å²) in [5.74, 6) is 0.103. The SMILES string of the molecule is CC(C)OCCCNCC(=O)c1ccc2[c]c[nH]c2c1. The molecule has 0 aliphatic carbocycles. The Morgan fingerprint density at radius 1 is 1.45 bits per heavy atom. The van der Waals surface area contributed by atoms with Gasteiger partial charge in [0.2, 0.25) is 0 Å². The Labute approximate surface area is 119 Å². The van der Waals surface area contributed by atoms with Crippen LogP contribution in [-0.2, 0) is 4.74 Å². The lowest BCUT2D eigenvalue weighted by Crippen LogP contribution is -2.25. The van der Waals surface area contributed by atoms with Crippen LogP contribution in [0.2, 0.25) is 0 Å². The van der Waals surface area contributed by atoms with E-state index in [0.29, 0.717) is 6.54 Å². The van der Waals surface area contributed by atoms with Gasteiger partial charge in [-0.1, -0.05) is 12.1 Å². The molecule has 1 aromatic heterocycles. The van der Waals surface area contributed by atoms with Gasteiger partial charge in [-0.3, -0.25) is 4.79 Å². The minimum Gasteiger partial charge on any atom is -0.379 e. The number of ketones is 1. The van der Waals surface area contributed by atoms with E-state index in [1.807, 2.05) is 32.0 Å². The summed E-state index contributed by atoms with van der Waals surface area (Å²) >= 11 is 0. The van der Waals surface area contributed by atoms with Gasteiger partial charge >= 0.3 is 0 Å². The van der Waals surface area contributed by atoms with E-state index in [1.54, 1.807) is 6.20 Å². The fourth-order valence-corrected chi connectivity index (χ4v) is 1.97. The fourth-order valence-electron chi connectivity index (χ4n) is 1.97. The number of carbonyl (C=O) groups excluding carboxylic acids is 1. The number of carbonyl (C=O) groups is 1. The Kier molecular flexibility index (Phi) is 5.32. The van der Waals surface area contributed by atoms with Gasteiger partial charge in [0.1, 0.15) is 0 Å². The zero-order chi connectivity index (χ0) is 14.4. The molecule has 0 aliphatic heterocycles. The third-order valence-electron chi connectivity index (χ3n) is 3.03. The fraction of sp³-hybridized carbons (Fsp3) is 0.438. The highest BCUT2D eigenvalue weighted by Gasteiger charge is 2.06. The third kappa shape index (κ3) is 4.18. The smallest absolute Gasteiger partial charge is 0.176 e. The summed E-state index contributed by atoms with van der Waals surface area (Å²) in [5, 5.41) is 4.15. The molecule has 2 aromatic rings. The van der Waals surface area contributed by atoms with Gasteiger partial charge in [0.25, 0.3) is 0 Å². The van der Waals surface area contributed by atoms with E-state index in [1.165, 1.54) is 0 Å². The second-order valence-electron chi connectivity index (χ2n) is 5.07. The van der Waals surface area contributed by atoms with Crippen LogP contribution < -0.4 is 5.32 Å². The maximum Gasteiger partial charge on any atom is 0.176 e. The van der Waals surface area contributed by atoms with Crippen LogP contribution in [0.25, 0.3) is 10.9 Å². The lowest BCUT2D eigenvalue weighted by atomic mass is 10.1. The first kappa shape index (κ1) is 14.8. The summed E-state index contributed by atoms with van der Waals surface area (Å²) in [6, 6.07) is 8.70. The number of benzene rings is 1. The van der Waals surface area contributed by atoms with Crippen LogP contribution in [0.15, 0.2) is 24.4 Å². The van der Waals surface area contributed by atoms with E-state index in [4.69, 9.17) is 4.74 Å². The Morgan fingerprint density at radius 3 is 3.10 bits per heavy atom. The second kappa shape index (κ2) is 7.22. The van der Waals surface area contributed by atoms with Gasteiger partial charge in [-0.2, -0.15) is 0 Å². The van der Waals surface area contributed by atoms with Crippen LogP contribution in [0.5, 0.6) is 0 Å². The molecule has 2 rings (SSSR count). The average molecular weight is 273 g/mol. The summed E-state index contributed by atoms with van der Waals surface area (Å²) in [7, 11) is 0. The number of nitrogens with one attached hydrogen (secondary N) is 2. The van der Waals surface area contributed by atoms with Crippen molar-refractivity contribution in [2.24, 2.45) is 0 Å². The number of hydrogen-bond donors (Lipinski definition) is 2. The van der Waals surface area contributed by atoms with Crippen molar-refractivity contribution in [3.63, 3.8) is 0 Å². The molecule has 0 saturated heterocycles. The van der Waals surface area contributed by atoms with Crippen molar-refractivity contribution in [1.29, 1.82) is 0 Å². The predicted molar refractivity (Wildman–Crippen MR) is 80.0 cm³/mol. The first-order valence-corrected chi connectivity index (χ1v) is 7.01.